The Morgan fingerprint density at radius 3 is 2.38 bits per heavy atom. The molecule has 0 aromatic heterocycles. The lowest BCUT2D eigenvalue weighted by Gasteiger charge is -2.06. The van der Waals surface area contributed by atoms with Gasteiger partial charge < -0.3 is 0 Å². The van der Waals surface area contributed by atoms with Gasteiger partial charge in [0.05, 0.1) is 0 Å². The van der Waals surface area contributed by atoms with Crippen molar-refractivity contribution in [3.8, 4) is 0 Å². The van der Waals surface area contributed by atoms with Crippen LogP contribution >= 0.6 is 11.8 Å². The van der Waals surface area contributed by atoms with Gasteiger partial charge in [-0.05, 0) is 34.7 Å². The highest BCUT2D eigenvalue weighted by Gasteiger charge is 2.09. The number of benzene rings is 3. The van der Waals surface area contributed by atoms with Crippen LogP contribution in [0, 0.1) is 0 Å². The molecule has 1 nitrogen and oxygen atoms in total. The minimum absolute atomic E-state index is 0.166. The average Bonchev–Trinajstić information content (AvgIpc) is 2.55. The molecule has 0 aliphatic carbocycles. The molecule has 0 saturated carbocycles. The molecule has 0 aliphatic heterocycles. The van der Waals surface area contributed by atoms with Crippen LogP contribution in [0.2, 0.25) is 0 Å². The van der Waals surface area contributed by atoms with Crippen LogP contribution in [0.15, 0.2) is 71.6 Å². The van der Waals surface area contributed by atoms with Gasteiger partial charge in [-0.15, -0.1) is 11.8 Å². The lowest BCUT2D eigenvalue weighted by molar-refractivity contribution is 0.0993. The zero-order valence-electron chi connectivity index (χ0n) is 11.9. The van der Waals surface area contributed by atoms with Crippen LogP contribution in [0.1, 0.15) is 15.9 Å². The fourth-order valence-electron chi connectivity index (χ4n) is 2.50. The summed E-state index contributed by atoms with van der Waals surface area (Å²) in [4.78, 5) is 13.6. The minimum Gasteiger partial charge on any atom is -0.294 e. The third kappa shape index (κ3) is 3.01. The van der Waals surface area contributed by atoms with Crippen molar-refractivity contribution in [2.24, 2.45) is 0 Å². The van der Waals surface area contributed by atoms with Crippen molar-refractivity contribution >= 4 is 28.3 Å². The van der Waals surface area contributed by atoms with E-state index in [1.54, 1.807) is 11.8 Å². The van der Waals surface area contributed by atoms with E-state index in [4.69, 9.17) is 0 Å². The van der Waals surface area contributed by atoms with Gasteiger partial charge in [-0.1, -0.05) is 54.6 Å². The molecule has 104 valence electrons. The van der Waals surface area contributed by atoms with Gasteiger partial charge in [-0.25, -0.2) is 0 Å². The topological polar surface area (TPSA) is 17.1 Å². The van der Waals surface area contributed by atoms with Crippen molar-refractivity contribution in [3.05, 3.63) is 77.9 Å². The molecule has 0 atom stereocenters. The highest BCUT2D eigenvalue weighted by atomic mass is 32.2. The van der Waals surface area contributed by atoms with E-state index in [1.807, 2.05) is 54.8 Å². The van der Waals surface area contributed by atoms with Gasteiger partial charge in [0, 0.05) is 16.9 Å². The third-order valence-electron chi connectivity index (χ3n) is 3.64. The Morgan fingerprint density at radius 2 is 1.62 bits per heavy atom. The number of thioether (sulfide) groups is 1. The Kier molecular flexibility index (Phi) is 4.07. The zero-order chi connectivity index (χ0) is 14.7. The maximum Gasteiger partial charge on any atom is 0.167 e. The van der Waals surface area contributed by atoms with E-state index in [9.17, 15) is 4.79 Å². The van der Waals surface area contributed by atoms with Crippen LogP contribution in [-0.4, -0.2) is 12.0 Å². The second-order valence-corrected chi connectivity index (χ2v) is 5.85. The van der Waals surface area contributed by atoms with Crippen LogP contribution in [0.25, 0.3) is 10.8 Å². The Morgan fingerprint density at radius 1 is 0.905 bits per heavy atom. The summed E-state index contributed by atoms with van der Waals surface area (Å²) in [5.74, 6) is 0.166. The van der Waals surface area contributed by atoms with Crippen molar-refractivity contribution in [1.82, 2.24) is 0 Å². The molecule has 0 saturated heterocycles. The van der Waals surface area contributed by atoms with E-state index in [0.29, 0.717) is 6.42 Å². The van der Waals surface area contributed by atoms with Gasteiger partial charge in [0.15, 0.2) is 5.78 Å². The highest BCUT2D eigenvalue weighted by Crippen LogP contribution is 2.21. The molecule has 0 aliphatic rings. The van der Waals surface area contributed by atoms with Gasteiger partial charge in [0.1, 0.15) is 0 Å². The van der Waals surface area contributed by atoms with E-state index >= 15 is 0 Å². The molecule has 0 amide bonds. The molecular formula is C19H16OS. The Bertz CT molecular complexity index is 770. The van der Waals surface area contributed by atoms with Crippen molar-refractivity contribution in [1.29, 1.82) is 0 Å². The molecule has 0 N–H and O–H groups in total. The first-order chi connectivity index (χ1) is 10.3. The van der Waals surface area contributed by atoms with Crippen molar-refractivity contribution in [3.63, 3.8) is 0 Å². The van der Waals surface area contributed by atoms with Crippen molar-refractivity contribution in [2.45, 2.75) is 11.3 Å². The normalized spacial score (nSPS) is 10.7. The molecular weight excluding hydrogens is 276 g/mol. The standard InChI is InChI=1S/C19H16OS/c1-21-17-11-9-15(10-12-17)19(20)13-16-7-4-6-14-5-2-3-8-18(14)16/h2-12H,13H2,1H3. The maximum atomic E-state index is 12.5. The molecule has 3 aromatic rings. The first-order valence-corrected chi connectivity index (χ1v) is 8.14. The smallest absolute Gasteiger partial charge is 0.167 e. The summed E-state index contributed by atoms with van der Waals surface area (Å²) in [7, 11) is 0. The number of rotatable bonds is 4. The molecule has 3 aromatic carbocycles. The molecule has 0 radical (unpaired) electrons. The fourth-order valence-corrected chi connectivity index (χ4v) is 2.91. The average molecular weight is 292 g/mol. The summed E-state index contributed by atoms with van der Waals surface area (Å²) < 4.78 is 0. The first-order valence-electron chi connectivity index (χ1n) is 6.92. The second-order valence-electron chi connectivity index (χ2n) is 4.97. The van der Waals surface area contributed by atoms with E-state index in [1.165, 1.54) is 10.3 Å². The lowest BCUT2D eigenvalue weighted by Crippen LogP contribution is -2.03. The molecule has 2 heteroatoms. The van der Waals surface area contributed by atoms with E-state index < -0.39 is 0 Å². The Labute approximate surface area is 129 Å². The summed E-state index contributed by atoms with van der Waals surface area (Å²) in [6.45, 7) is 0. The van der Waals surface area contributed by atoms with Crippen LogP contribution < -0.4 is 0 Å². The Balaban J connectivity index is 1.89. The van der Waals surface area contributed by atoms with E-state index in [-0.39, 0.29) is 5.78 Å². The van der Waals surface area contributed by atoms with Gasteiger partial charge in [-0.3, -0.25) is 4.79 Å². The molecule has 0 bridgehead atoms. The maximum absolute atomic E-state index is 12.5. The fraction of sp³-hybridized carbons (Fsp3) is 0.105. The quantitative estimate of drug-likeness (QED) is 0.498. The summed E-state index contributed by atoms with van der Waals surface area (Å²) in [5.41, 5.74) is 1.87. The van der Waals surface area contributed by atoms with E-state index in [0.717, 1.165) is 16.5 Å². The minimum atomic E-state index is 0.166. The number of hydrogen-bond acceptors (Lipinski definition) is 2. The molecule has 0 heterocycles. The molecule has 0 unspecified atom stereocenters. The van der Waals surface area contributed by atoms with Crippen molar-refractivity contribution < 1.29 is 4.79 Å². The number of carbonyl (C=O) groups excluding carboxylic acids is 1. The largest absolute Gasteiger partial charge is 0.294 e. The molecule has 3 rings (SSSR count). The van der Waals surface area contributed by atoms with Gasteiger partial charge in [0.2, 0.25) is 0 Å². The van der Waals surface area contributed by atoms with Gasteiger partial charge in [-0.2, -0.15) is 0 Å². The zero-order valence-corrected chi connectivity index (χ0v) is 12.7. The van der Waals surface area contributed by atoms with Crippen molar-refractivity contribution in [2.75, 3.05) is 6.26 Å². The summed E-state index contributed by atoms with van der Waals surface area (Å²) >= 11 is 1.68. The first kappa shape index (κ1) is 13.9. The summed E-state index contributed by atoms with van der Waals surface area (Å²) in [5, 5.41) is 2.34. The predicted molar refractivity (Wildman–Crippen MR) is 90.2 cm³/mol. The van der Waals surface area contributed by atoms with Gasteiger partial charge >= 0.3 is 0 Å². The van der Waals surface area contributed by atoms with Crippen LogP contribution in [-0.2, 0) is 6.42 Å². The van der Waals surface area contributed by atoms with Crippen LogP contribution in [0.5, 0.6) is 0 Å². The van der Waals surface area contributed by atoms with E-state index in [2.05, 4.69) is 18.2 Å². The molecule has 0 fully saturated rings. The van der Waals surface area contributed by atoms with Gasteiger partial charge in [0.25, 0.3) is 0 Å². The number of ketones is 1. The number of Topliss-reactive ketones (excluding diaryl/α,β-unsaturated/α-hetero) is 1. The second kappa shape index (κ2) is 6.15. The third-order valence-corrected chi connectivity index (χ3v) is 4.39. The number of hydrogen-bond donors (Lipinski definition) is 0. The van der Waals surface area contributed by atoms with Crippen LogP contribution in [0.4, 0.5) is 0 Å². The summed E-state index contributed by atoms with van der Waals surface area (Å²) in [6.07, 6.45) is 2.48. The Hall–Kier alpha value is -2.06. The molecule has 21 heavy (non-hydrogen) atoms. The number of fused-ring (bicyclic) bond motifs is 1. The predicted octanol–water partition coefficient (Wildman–Crippen LogP) is 4.99. The SMILES string of the molecule is CSc1ccc(C(=O)Cc2cccc3ccccc23)cc1. The van der Waals surface area contributed by atoms with Crippen LogP contribution in [0.3, 0.4) is 0 Å². The monoisotopic (exact) mass is 292 g/mol. The summed E-state index contributed by atoms with van der Waals surface area (Å²) in [6, 6.07) is 22.2. The lowest BCUT2D eigenvalue weighted by atomic mass is 9.98. The molecule has 0 spiro atoms. The number of carbonyl (C=O) groups is 1. The highest BCUT2D eigenvalue weighted by molar-refractivity contribution is 7.98.